The number of hydrogen-bond acceptors (Lipinski definition) is 4. The topological polar surface area (TPSA) is 30.5 Å². The molecule has 0 saturated carbocycles. The van der Waals surface area contributed by atoms with E-state index in [9.17, 15) is 0 Å². The zero-order valence-corrected chi connectivity index (χ0v) is 17.3. The quantitative estimate of drug-likeness (QED) is 0.403. The predicted molar refractivity (Wildman–Crippen MR) is 131 cm³/mol. The van der Waals surface area contributed by atoms with Gasteiger partial charge in [-0.1, -0.05) is 84.9 Å². The Morgan fingerprint density at radius 3 is 1.69 bits per heavy atom. The lowest BCUT2D eigenvalue weighted by Crippen LogP contribution is -2.34. The number of rotatable bonds is 2. The van der Waals surface area contributed by atoms with Crippen LogP contribution < -0.4 is 20.4 Å². The molecule has 0 spiro atoms. The highest BCUT2D eigenvalue weighted by Crippen LogP contribution is 2.54. The summed E-state index contributed by atoms with van der Waals surface area (Å²) >= 11 is 0. The molecule has 7 rings (SSSR count). The second-order valence-corrected chi connectivity index (χ2v) is 8.08. The molecule has 32 heavy (non-hydrogen) atoms. The lowest BCUT2D eigenvalue weighted by atomic mass is 10.0. The number of nitrogens with one attached hydrogen (secondary N) is 2. The summed E-state index contributed by atoms with van der Waals surface area (Å²) < 4.78 is 0. The fourth-order valence-electron chi connectivity index (χ4n) is 4.88. The van der Waals surface area contributed by atoms with Crippen molar-refractivity contribution < 1.29 is 0 Å². The Balaban J connectivity index is 1.53. The summed E-state index contributed by atoms with van der Waals surface area (Å²) in [4.78, 5) is 4.68. The molecule has 3 aliphatic heterocycles. The molecule has 0 bridgehead atoms. The van der Waals surface area contributed by atoms with Gasteiger partial charge in [-0.3, -0.25) is 9.80 Å². The van der Waals surface area contributed by atoms with Gasteiger partial charge in [-0.05, 0) is 24.3 Å². The van der Waals surface area contributed by atoms with E-state index in [2.05, 4.69) is 130 Å². The first-order chi connectivity index (χ1) is 15.9. The largest absolute Gasteiger partial charge is 0.337 e. The minimum atomic E-state index is 1.04. The highest BCUT2D eigenvalue weighted by molar-refractivity contribution is 6.08. The standard InChI is InChI=1S/C28H20N4/c1-3-11-19(12-4-1)25-26(20-13-5-2-6-14-20)32-24-18-10-9-17-23(24)31-22-16-8-7-15-21(22)29-27(31)28(32)30-25/h1-18,29-30H. The van der Waals surface area contributed by atoms with Crippen LogP contribution in [0.2, 0.25) is 0 Å². The summed E-state index contributed by atoms with van der Waals surface area (Å²) in [6.07, 6.45) is 0. The molecule has 4 nitrogen and oxygen atoms in total. The smallest absolute Gasteiger partial charge is 0.158 e. The van der Waals surface area contributed by atoms with Crippen molar-refractivity contribution in [3.8, 4) is 0 Å². The van der Waals surface area contributed by atoms with Gasteiger partial charge in [0.25, 0.3) is 0 Å². The van der Waals surface area contributed by atoms with Crippen LogP contribution in [0.1, 0.15) is 11.1 Å². The molecule has 0 atom stereocenters. The monoisotopic (exact) mass is 412 g/mol. The Hall–Kier alpha value is -4.44. The minimum absolute atomic E-state index is 1.04. The first-order valence-corrected chi connectivity index (χ1v) is 10.8. The Kier molecular flexibility index (Phi) is 3.52. The number of benzene rings is 4. The van der Waals surface area contributed by atoms with Crippen molar-refractivity contribution >= 4 is 34.1 Å². The van der Waals surface area contributed by atoms with Gasteiger partial charge in [-0.15, -0.1) is 0 Å². The van der Waals surface area contributed by atoms with Gasteiger partial charge in [-0.2, -0.15) is 0 Å². The van der Waals surface area contributed by atoms with Crippen molar-refractivity contribution in [2.45, 2.75) is 0 Å². The molecule has 0 radical (unpaired) electrons. The number of hydrogen-bond donors (Lipinski definition) is 2. The molecule has 0 amide bonds. The number of para-hydroxylation sites is 4. The zero-order valence-electron chi connectivity index (χ0n) is 17.3. The Morgan fingerprint density at radius 2 is 0.969 bits per heavy atom. The molecule has 4 aromatic carbocycles. The van der Waals surface area contributed by atoms with Crippen molar-refractivity contribution in [1.29, 1.82) is 0 Å². The first kappa shape index (κ1) is 17.3. The van der Waals surface area contributed by atoms with Crippen molar-refractivity contribution in [3.63, 3.8) is 0 Å². The summed E-state index contributed by atoms with van der Waals surface area (Å²) in [5.74, 6) is 2.09. The third-order valence-electron chi connectivity index (χ3n) is 6.25. The summed E-state index contributed by atoms with van der Waals surface area (Å²) in [6, 6.07) is 38.3. The van der Waals surface area contributed by atoms with Crippen LogP contribution in [0, 0.1) is 0 Å². The molecule has 0 aliphatic carbocycles. The highest BCUT2D eigenvalue weighted by Gasteiger charge is 2.42. The normalized spacial score (nSPS) is 15.6. The molecule has 3 heterocycles. The van der Waals surface area contributed by atoms with Crippen LogP contribution in [0.15, 0.2) is 121 Å². The third kappa shape index (κ3) is 2.32. The number of anilines is 4. The van der Waals surface area contributed by atoms with Gasteiger partial charge in [0.2, 0.25) is 0 Å². The SMILES string of the molecule is c1ccc(C2=C(c3ccccc3)N3C(=C4Nc5ccccc5N4c4ccccc43)N2)cc1. The van der Waals surface area contributed by atoms with E-state index in [1.54, 1.807) is 0 Å². The zero-order chi connectivity index (χ0) is 21.1. The van der Waals surface area contributed by atoms with E-state index in [0.717, 1.165) is 45.7 Å². The van der Waals surface area contributed by atoms with E-state index < -0.39 is 0 Å². The van der Waals surface area contributed by atoms with E-state index in [4.69, 9.17) is 0 Å². The van der Waals surface area contributed by atoms with Gasteiger partial charge in [0.1, 0.15) is 0 Å². The molecular weight excluding hydrogens is 392 g/mol. The van der Waals surface area contributed by atoms with Crippen molar-refractivity contribution in [1.82, 2.24) is 5.32 Å². The molecule has 4 heteroatoms. The van der Waals surface area contributed by atoms with Crippen LogP contribution in [0.4, 0.5) is 22.7 Å². The fourth-order valence-corrected chi connectivity index (χ4v) is 4.88. The van der Waals surface area contributed by atoms with Crippen molar-refractivity contribution in [3.05, 3.63) is 132 Å². The maximum Gasteiger partial charge on any atom is 0.158 e. The van der Waals surface area contributed by atoms with E-state index in [0.29, 0.717) is 0 Å². The highest BCUT2D eigenvalue weighted by atomic mass is 15.4. The molecule has 0 fully saturated rings. The van der Waals surface area contributed by atoms with E-state index >= 15 is 0 Å². The van der Waals surface area contributed by atoms with Gasteiger partial charge in [0.05, 0.1) is 34.1 Å². The summed E-state index contributed by atoms with van der Waals surface area (Å²) in [6.45, 7) is 0. The lowest BCUT2D eigenvalue weighted by molar-refractivity contribution is 0.972. The van der Waals surface area contributed by atoms with Gasteiger partial charge in [0.15, 0.2) is 11.6 Å². The van der Waals surface area contributed by atoms with Gasteiger partial charge >= 0.3 is 0 Å². The van der Waals surface area contributed by atoms with Gasteiger partial charge in [-0.25, -0.2) is 0 Å². The van der Waals surface area contributed by atoms with Crippen LogP contribution in [0.3, 0.4) is 0 Å². The van der Waals surface area contributed by atoms with E-state index in [1.165, 1.54) is 11.3 Å². The summed E-state index contributed by atoms with van der Waals surface area (Å²) in [7, 11) is 0. The van der Waals surface area contributed by atoms with Gasteiger partial charge < -0.3 is 10.6 Å². The second kappa shape index (κ2) is 6.53. The molecular formula is C28H20N4. The van der Waals surface area contributed by atoms with Crippen LogP contribution in [-0.4, -0.2) is 0 Å². The summed E-state index contributed by atoms with van der Waals surface area (Å²) in [5, 5.41) is 7.45. The van der Waals surface area contributed by atoms with Gasteiger partial charge in [0, 0.05) is 11.1 Å². The molecule has 3 aliphatic rings. The maximum atomic E-state index is 3.79. The Labute approximate surface area is 186 Å². The van der Waals surface area contributed by atoms with E-state index in [1.807, 2.05) is 0 Å². The average molecular weight is 412 g/mol. The molecule has 4 aromatic rings. The number of nitrogens with zero attached hydrogens (tertiary/aromatic N) is 2. The third-order valence-corrected chi connectivity index (χ3v) is 6.25. The first-order valence-electron chi connectivity index (χ1n) is 10.8. The van der Waals surface area contributed by atoms with Crippen LogP contribution in [0.5, 0.6) is 0 Å². The Morgan fingerprint density at radius 1 is 0.438 bits per heavy atom. The molecule has 0 aromatic heterocycles. The van der Waals surface area contributed by atoms with Crippen LogP contribution in [-0.2, 0) is 0 Å². The van der Waals surface area contributed by atoms with Crippen LogP contribution in [0.25, 0.3) is 11.4 Å². The molecule has 0 unspecified atom stereocenters. The van der Waals surface area contributed by atoms with Crippen molar-refractivity contribution in [2.75, 3.05) is 15.1 Å². The Bertz CT molecular complexity index is 1420. The predicted octanol–water partition coefficient (Wildman–Crippen LogP) is 6.33. The number of fused-ring (bicyclic) bond motifs is 7. The minimum Gasteiger partial charge on any atom is -0.337 e. The molecule has 2 N–H and O–H groups in total. The summed E-state index contributed by atoms with van der Waals surface area (Å²) in [5.41, 5.74) is 9.19. The van der Waals surface area contributed by atoms with E-state index in [-0.39, 0.29) is 0 Å². The maximum absolute atomic E-state index is 3.79. The lowest BCUT2D eigenvalue weighted by Gasteiger charge is -2.36. The second-order valence-electron chi connectivity index (χ2n) is 8.08. The average Bonchev–Trinajstić information content (AvgIpc) is 3.45. The molecule has 0 saturated heterocycles. The fraction of sp³-hybridized carbons (Fsp3) is 0. The molecule has 152 valence electrons. The van der Waals surface area contributed by atoms with Crippen molar-refractivity contribution in [2.24, 2.45) is 0 Å². The van der Waals surface area contributed by atoms with Crippen LogP contribution >= 0.6 is 0 Å².